The van der Waals surface area contributed by atoms with E-state index in [0.29, 0.717) is 11.5 Å². The maximum Gasteiger partial charge on any atom is 0.123 e. The van der Waals surface area contributed by atoms with Gasteiger partial charge in [-0.15, -0.1) is 0 Å². The monoisotopic (exact) mass is 464 g/mol. The molecular formula is C33H36O2. The molecule has 0 amide bonds. The molecule has 4 aromatic rings. The minimum atomic E-state index is -0.0840. The second kappa shape index (κ2) is 9.62. The molecule has 0 unspecified atom stereocenters. The maximum absolute atomic E-state index is 10.6. The summed E-state index contributed by atoms with van der Waals surface area (Å²) in [5, 5.41) is 21.2. The zero-order valence-electron chi connectivity index (χ0n) is 21.7. The predicted octanol–water partition coefficient (Wildman–Crippen LogP) is 8.58. The second-order valence-corrected chi connectivity index (χ2v) is 10.7. The summed E-state index contributed by atoms with van der Waals surface area (Å²) in [6, 6.07) is 24.8. The fourth-order valence-corrected chi connectivity index (χ4v) is 5.02. The van der Waals surface area contributed by atoms with Gasteiger partial charge in [0.15, 0.2) is 0 Å². The minimum absolute atomic E-state index is 0.0840. The molecular weight excluding hydrogens is 428 g/mol. The first-order valence-corrected chi connectivity index (χ1v) is 12.3. The van der Waals surface area contributed by atoms with Gasteiger partial charge < -0.3 is 10.2 Å². The molecule has 0 spiro atoms. The van der Waals surface area contributed by atoms with Gasteiger partial charge in [0.1, 0.15) is 11.5 Å². The van der Waals surface area contributed by atoms with E-state index in [-0.39, 0.29) is 5.41 Å². The van der Waals surface area contributed by atoms with Crippen molar-refractivity contribution in [1.29, 1.82) is 0 Å². The number of aromatic hydroxyl groups is 2. The Morgan fingerprint density at radius 3 is 1.54 bits per heavy atom. The summed E-state index contributed by atoms with van der Waals surface area (Å²) in [5.74, 6) is 0.626. The van der Waals surface area contributed by atoms with Crippen LogP contribution in [0.5, 0.6) is 11.5 Å². The Morgan fingerprint density at radius 1 is 0.571 bits per heavy atom. The largest absolute Gasteiger partial charge is 0.507 e. The highest BCUT2D eigenvalue weighted by Crippen LogP contribution is 2.38. The Labute approximate surface area is 209 Å². The molecule has 2 nitrogen and oxygen atoms in total. The molecule has 180 valence electrons. The Hall–Kier alpha value is -3.52. The molecule has 2 heteroatoms. The average Bonchev–Trinajstić information content (AvgIpc) is 2.77. The van der Waals surface area contributed by atoms with Crippen LogP contribution in [0.1, 0.15) is 53.6 Å². The zero-order valence-corrected chi connectivity index (χ0v) is 21.7. The molecule has 0 fully saturated rings. The van der Waals surface area contributed by atoms with E-state index in [2.05, 4.69) is 90.1 Å². The summed E-state index contributed by atoms with van der Waals surface area (Å²) in [6.45, 7) is 12.9. The van der Waals surface area contributed by atoms with Crippen molar-refractivity contribution in [2.75, 3.05) is 0 Å². The molecule has 0 saturated heterocycles. The summed E-state index contributed by atoms with van der Waals surface area (Å²) in [5.41, 5.74) is 11.0. The summed E-state index contributed by atoms with van der Waals surface area (Å²) >= 11 is 0. The normalized spacial score (nSPS) is 11.6. The molecule has 4 aromatic carbocycles. The lowest BCUT2D eigenvalue weighted by molar-refractivity contribution is 0.467. The van der Waals surface area contributed by atoms with Crippen LogP contribution in [0.3, 0.4) is 0 Å². The lowest BCUT2D eigenvalue weighted by Gasteiger charge is -2.26. The SMILES string of the molecule is Cc1cc(C)cc(-c2cc(CCC(C)(C)c3ccc(O)c(-c4cc(C)cc(C)c4)c3)ccc2O)c1. The van der Waals surface area contributed by atoms with Gasteiger partial charge in [0, 0.05) is 11.1 Å². The number of aryl methyl sites for hydroxylation is 5. The quantitative estimate of drug-likeness (QED) is 0.300. The van der Waals surface area contributed by atoms with E-state index < -0.39 is 0 Å². The molecule has 0 aliphatic rings. The van der Waals surface area contributed by atoms with Crippen LogP contribution >= 0.6 is 0 Å². The number of benzene rings is 4. The van der Waals surface area contributed by atoms with E-state index >= 15 is 0 Å². The van der Waals surface area contributed by atoms with Gasteiger partial charge in [0.05, 0.1) is 0 Å². The third-order valence-corrected chi connectivity index (χ3v) is 6.94. The van der Waals surface area contributed by atoms with Crippen molar-refractivity contribution in [3.63, 3.8) is 0 Å². The molecule has 0 heterocycles. The fourth-order valence-electron chi connectivity index (χ4n) is 5.02. The van der Waals surface area contributed by atoms with Gasteiger partial charge in [-0.3, -0.25) is 0 Å². The first kappa shape index (κ1) is 24.6. The number of hydrogen-bond acceptors (Lipinski definition) is 2. The first-order chi connectivity index (χ1) is 16.5. The third-order valence-electron chi connectivity index (χ3n) is 6.94. The van der Waals surface area contributed by atoms with Crippen LogP contribution in [0.4, 0.5) is 0 Å². The topological polar surface area (TPSA) is 40.5 Å². The number of phenols is 2. The van der Waals surface area contributed by atoms with Crippen LogP contribution in [0, 0.1) is 27.7 Å². The molecule has 35 heavy (non-hydrogen) atoms. The fraction of sp³-hybridized carbons (Fsp3) is 0.273. The van der Waals surface area contributed by atoms with Crippen LogP contribution in [0.15, 0.2) is 72.8 Å². The van der Waals surface area contributed by atoms with E-state index in [1.54, 1.807) is 0 Å². The molecule has 0 atom stereocenters. The average molecular weight is 465 g/mol. The van der Waals surface area contributed by atoms with Crippen molar-refractivity contribution >= 4 is 0 Å². The van der Waals surface area contributed by atoms with Gasteiger partial charge in [-0.05, 0) is 92.5 Å². The molecule has 0 bridgehead atoms. The van der Waals surface area contributed by atoms with Crippen molar-refractivity contribution in [3.05, 3.63) is 106 Å². The molecule has 0 saturated carbocycles. The van der Waals surface area contributed by atoms with Crippen molar-refractivity contribution in [2.24, 2.45) is 0 Å². The zero-order chi connectivity index (χ0) is 25.3. The van der Waals surface area contributed by atoms with Gasteiger partial charge in [0.2, 0.25) is 0 Å². The number of hydrogen-bond donors (Lipinski definition) is 2. The lowest BCUT2D eigenvalue weighted by atomic mass is 9.78. The summed E-state index contributed by atoms with van der Waals surface area (Å²) < 4.78 is 0. The van der Waals surface area contributed by atoms with Crippen LogP contribution < -0.4 is 0 Å². The molecule has 4 rings (SSSR count). The van der Waals surface area contributed by atoms with Crippen molar-refractivity contribution in [1.82, 2.24) is 0 Å². The van der Waals surface area contributed by atoms with E-state index in [9.17, 15) is 10.2 Å². The Balaban J connectivity index is 1.60. The van der Waals surface area contributed by atoms with Crippen molar-refractivity contribution in [2.45, 2.75) is 59.8 Å². The summed E-state index contributed by atoms with van der Waals surface area (Å²) in [6.07, 6.45) is 1.84. The molecule has 0 aromatic heterocycles. The van der Waals surface area contributed by atoms with Crippen molar-refractivity contribution < 1.29 is 10.2 Å². The molecule has 0 aliphatic heterocycles. The van der Waals surface area contributed by atoms with Crippen LogP contribution in [-0.2, 0) is 11.8 Å². The van der Waals surface area contributed by atoms with Crippen molar-refractivity contribution in [3.8, 4) is 33.8 Å². The highest BCUT2D eigenvalue weighted by atomic mass is 16.3. The third kappa shape index (κ3) is 5.59. The Kier molecular flexibility index (Phi) is 6.76. The van der Waals surface area contributed by atoms with E-state index in [1.807, 2.05) is 24.3 Å². The van der Waals surface area contributed by atoms with Gasteiger partial charge in [-0.2, -0.15) is 0 Å². The lowest BCUT2D eigenvalue weighted by Crippen LogP contribution is -2.18. The van der Waals surface area contributed by atoms with Gasteiger partial charge in [-0.25, -0.2) is 0 Å². The molecule has 2 N–H and O–H groups in total. The van der Waals surface area contributed by atoms with Crippen LogP contribution in [-0.4, -0.2) is 10.2 Å². The Bertz CT molecular complexity index is 1340. The maximum atomic E-state index is 10.6. The highest BCUT2D eigenvalue weighted by Gasteiger charge is 2.22. The van der Waals surface area contributed by atoms with Crippen LogP contribution in [0.2, 0.25) is 0 Å². The van der Waals surface area contributed by atoms with Gasteiger partial charge >= 0.3 is 0 Å². The van der Waals surface area contributed by atoms with E-state index in [1.165, 1.54) is 33.4 Å². The highest BCUT2D eigenvalue weighted by molar-refractivity contribution is 5.73. The molecule has 0 radical (unpaired) electrons. The summed E-state index contributed by atoms with van der Waals surface area (Å²) in [7, 11) is 0. The van der Waals surface area contributed by atoms with Gasteiger partial charge in [0.25, 0.3) is 0 Å². The number of phenolic OH excluding ortho intramolecular Hbond substituents is 2. The number of rotatable bonds is 6. The molecule has 0 aliphatic carbocycles. The van der Waals surface area contributed by atoms with Crippen LogP contribution in [0.25, 0.3) is 22.3 Å². The second-order valence-electron chi connectivity index (χ2n) is 10.7. The summed E-state index contributed by atoms with van der Waals surface area (Å²) in [4.78, 5) is 0. The minimum Gasteiger partial charge on any atom is -0.507 e. The standard InChI is InChI=1S/C33H36O2/c1-21-13-22(2)16-26(15-21)29-19-25(7-9-31(29)34)11-12-33(5,6)28-8-10-32(35)30(20-28)27-17-23(3)14-24(4)18-27/h7-10,13-20,34-35H,11-12H2,1-6H3. The Morgan fingerprint density at radius 2 is 1.03 bits per heavy atom. The first-order valence-electron chi connectivity index (χ1n) is 12.3. The predicted molar refractivity (Wildman–Crippen MR) is 147 cm³/mol. The van der Waals surface area contributed by atoms with Gasteiger partial charge in [-0.1, -0.05) is 84.6 Å². The van der Waals surface area contributed by atoms with E-state index in [0.717, 1.165) is 35.1 Å². The van der Waals surface area contributed by atoms with E-state index in [4.69, 9.17) is 0 Å². The smallest absolute Gasteiger partial charge is 0.123 e.